The highest BCUT2D eigenvalue weighted by Crippen LogP contribution is 2.26. The molecular formula is C21H27ClN2O5S. The molecule has 1 amide bonds. The van der Waals surface area contributed by atoms with Crippen LogP contribution in [0.15, 0.2) is 42.5 Å². The Hall–Kier alpha value is -2.45. The number of carbonyl (C=O) groups excluding carboxylic acids is 1. The van der Waals surface area contributed by atoms with Crippen molar-refractivity contribution in [3.8, 4) is 11.5 Å². The first-order valence-corrected chi connectivity index (χ1v) is 11.7. The zero-order valence-corrected chi connectivity index (χ0v) is 18.9. The smallest absolute Gasteiger partial charge is 0.232 e. The fourth-order valence-electron chi connectivity index (χ4n) is 2.82. The molecule has 0 saturated heterocycles. The first-order valence-electron chi connectivity index (χ1n) is 9.48. The number of aryl methyl sites for hydroxylation is 1. The number of benzene rings is 2. The van der Waals surface area contributed by atoms with Crippen molar-refractivity contribution in [1.29, 1.82) is 0 Å². The van der Waals surface area contributed by atoms with E-state index in [2.05, 4.69) is 5.32 Å². The average molecular weight is 455 g/mol. The van der Waals surface area contributed by atoms with Crippen molar-refractivity contribution in [3.63, 3.8) is 0 Å². The van der Waals surface area contributed by atoms with Gasteiger partial charge in [0.05, 0.1) is 25.6 Å². The quantitative estimate of drug-likeness (QED) is 0.526. The first kappa shape index (κ1) is 23.8. The van der Waals surface area contributed by atoms with Gasteiger partial charge in [0.1, 0.15) is 18.1 Å². The molecule has 0 heterocycles. The number of ether oxygens (including phenoxy) is 2. The number of carbonyl (C=O) groups is 1. The third kappa shape index (κ3) is 7.42. The van der Waals surface area contributed by atoms with Gasteiger partial charge < -0.3 is 14.8 Å². The molecule has 0 fully saturated rings. The zero-order chi connectivity index (χ0) is 22.1. The number of amides is 1. The van der Waals surface area contributed by atoms with Gasteiger partial charge in [-0.1, -0.05) is 17.7 Å². The Labute approximate surface area is 183 Å². The molecule has 0 unspecified atom stereocenters. The van der Waals surface area contributed by atoms with Gasteiger partial charge in [0.25, 0.3) is 0 Å². The van der Waals surface area contributed by atoms with E-state index in [-0.39, 0.29) is 18.9 Å². The fraction of sp³-hybridized carbons (Fsp3) is 0.381. The topological polar surface area (TPSA) is 84.9 Å². The summed E-state index contributed by atoms with van der Waals surface area (Å²) in [5.74, 6) is 1.27. The third-order valence-electron chi connectivity index (χ3n) is 4.36. The van der Waals surface area contributed by atoms with Crippen molar-refractivity contribution >= 4 is 33.2 Å². The van der Waals surface area contributed by atoms with E-state index in [9.17, 15) is 13.2 Å². The fourth-order valence-corrected chi connectivity index (χ4v) is 4.00. The molecule has 0 radical (unpaired) electrons. The molecule has 164 valence electrons. The molecule has 0 aromatic heterocycles. The number of halogens is 1. The number of methoxy groups -OCH3 is 1. The lowest BCUT2D eigenvalue weighted by atomic mass is 10.2. The van der Waals surface area contributed by atoms with Gasteiger partial charge in [0, 0.05) is 18.0 Å². The van der Waals surface area contributed by atoms with Crippen LogP contribution in [0.1, 0.15) is 18.4 Å². The van der Waals surface area contributed by atoms with Crippen LogP contribution in [0.5, 0.6) is 11.5 Å². The van der Waals surface area contributed by atoms with Crippen molar-refractivity contribution in [1.82, 2.24) is 5.32 Å². The molecule has 2 aromatic carbocycles. The second-order valence-corrected chi connectivity index (χ2v) is 9.09. The molecule has 1 N–H and O–H groups in total. The predicted octanol–water partition coefficient (Wildman–Crippen LogP) is 3.40. The summed E-state index contributed by atoms with van der Waals surface area (Å²) in [5.41, 5.74) is 1.32. The minimum Gasteiger partial charge on any atom is -0.497 e. The van der Waals surface area contributed by atoms with Crippen LogP contribution < -0.4 is 19.1 Å². The van der Waals surface area contributed by atoms with E-state index in [0.717, 1.165) is 17.6 Å². The molecule has 0 aliphatic heterocycles. The van der Waals surface area contributed by atoms with Gasteiger partial charge >= 0.3 is 0 Å². The molecule has 0 atom stereocenters. The standard InChI is InChI=1S/C21H27ClN2O5S/c1-16-6-7-17(22)15-20(16)24(30(3,26)27)13-4-5-21(25)23-12-14-29-19-10-8-18(28-2)9-11-19/h6-11,15H,4-5,12-14H2,1-3H3,(H,23,25). The maximum atomic E-state index is 12.2. The first-order chi connectivity index (χ1) is 14.2. The lowest BCUT2D eigenvalue weighted by Gasteiger charge is -2.24. The number of hydrogen-bond acceptors (Lipinski definition) is 5. The highest BCUT2D eigenvalue weighted by Gasteiger charge is 2.19. The monoisotopic (exact) mass is 454 g/mol. The Morgan fingerprint density at radius 3 is 2.43 bits per heavy atom. The van der Waals surface area contributed by atoms with E-state index < -0.39 is 10.0 Å². The zero-order valence-electron chi connectivity index (χ0n) is 17.4. The number of hydrogen-bond donors (Lipinski definition) is 1. The van der Waals surface area contributed by atoms with Gasteiger partial charge in [-0.2, -0.15) is 0 Å². The molecule has 0 aliphatic rings. The summed E-state index contributed by atoms with van der Waals surface area (Å²) >= 11 is 6.02. The van der Waals surface area contributed by atoms with Crippen LogP contribution in [0.3, 0.4) is 0 Å². The van der Waals surface area contributed by atoms with Crippen LogP contribution in [-0.2, 0) is 14.8 Å². The van der Waals surface area contributed by atoms with Crippen molar-refractivity contribution in [3.05, 3.63) is 53.1 Å². The Balaban J connectivity index is 1.78. The molecule has 0 saturated carbocycles. The Bertz CT molecular complexity index is 948. The number of nitrogens with one attached hydrogen (secondary N) is 1. The van der Waals surface area contributed by atoms with Crippen molar-refractivity contribution < 1.29 is 22.7 Å². The summed E-state index contributed by atoms with van der Waals surface area (Å²) in [6, 6.07) is 12.3. The summed E-state index contributed by atoms with van der Waals surface area (Å²) in [6.07, 6.45) is 1.72. The molecule has 9 heteroatoms. The Kier molecular flexibility index (Phi) is 8.80. The number of sulfonamides is 1. The summed E-state index contributed by atoms with van der Waals surface area (Å²) in [7, 11) is -1.90. The third-order valence-corrected chi connectivity index (χ3v) is 5.77. The van der Waals surface area contributed by atoms with Gasteiger partial charge in [0.2, 0.25) is 15.9 Å². The second-order valence-electron chi connectivity index (χ2n) is 6.74. The van der Waals surface area contributed by atoms with E-state index in [4.69, 9.17) is 21.1 Å². The molecule has 0 aliphatic carbocycles. The Morgan fingerprint density at radius 2 is 1.80 bits per heavy atom. The van der Waals surface area contributed by atoms with Crippen molar-refractivity contribution in [2.75, 3.05) is 37.4 Å². The molecule has 30 heavy (non-hydrogen) atoms. The normalized spacial score (nSPS) is 11.1. The van der Waals surface area contributed by atoms with Gasteiger partial charge in [-0.25, -0.2) is 8.42 Å². The van der Waals surface area contributed by atoms with Crippen LogP contribution in [0.25, 0.3) is 0 Å². The van der Waals surface area contributed by atoms with E-state index >= 15 is 0 Å². The number of nitrogens with zero attached hydrogens (tertiary/aromatic N) is 1. The average Bonchev–Trinajstić information content (AvgIpc) is 2.70. The van der Waals surface area contributed by atoms with Crippen LogP contribution >= 0.6 is 11.6 Å². The van der Waals surface area contributed by atoms with Gasteiger partial charge in [0.15, 0.2) is 0 Å². The molecule has 2 rings (SSSR count). The van der Waals surface area contributed by atoms with E-state index in [1.165, 1.54) is 4.31 Å². The minimum absolute atomic E-state index is 0.162. The van der Waals surface area contributed by atoms with Gasteiger partial charge in [-0.15, -0.1) is 0 Å². The molecule has 2 aromatic rings. The van der Waals surface area contributed by atoms with E-state index in [0.29, 0.717) is 36.0 Å². The van der Waals surface area contributed by atoms with Gasteiger partial charge in [-0.3, -0.25) is 9.10 Å². The van der Waals surface area contributed by atoms with Crippen LogP contribution in [0, 0.1) is 6.92 Å². The number of rotatable bonds is 11. The van der Waals surface area contributed by atoms with E-state index in [1.54, 1.807) is 49.6 Å². The van der Waals surface area contributed by atoms with Crippen LogP contribution in [-0.4, -0.2) is 47.4 Å². The molecular weight excluding hydrogens is 428 g/mol. The highest BCUT2D eigenvalue weighted by molar-refractivity contribution is 7.92. The maximum Gasteiger partial charge on any atom is 0.232 e. The molecule has 0 bridgehead atoms. The lowest BCUT2D eigenvalue weighted by Crippen LogP contribution is -2.33. The summed E-state index contributed by atoms with van der Waals surface area (Å²) in [5, 5.41) is 3.23. The molecule has 0 spiro atoms. The van der Waals surface area contributed by atoms with Crippen molar-refractivity contribution in [2.24, 2.45) is 0 Å². The number of anilines is 1. The van der Waals surface area contributed by atoms with E-state index in [1.807, 2.05) is 6.92 Å². The predicted molar refractivity (Wildman–Crippen MR) is 119 cm³/mol. The summed E-state index contributed by atoms with van der Waals surface area (Å²) in [6.45, 7) is 2.69. The van der Waals surface area contributed by atoms with Crippen LogP contribution in [0.4, 0.5) is 5.69 Å². The van der Waals surface area contributed by atoms with Crippen LogP contribution in [0.2, 0.25) is 5.02 Å². The lowest BCUT2D eigenvalue weighted by molar-refractivity contribution is -0.121. The SMILES string of the molecule is COc1ccc(OCCNC(=O)CCCN(c2cc(Cl)ccc2C)S(C)(=O)=O)cc1. The molecule has 7 nitrogen and oxygen atoms in total. The van der Waals surface area contributed by atoms with Gasteiger partial charge in [-0.05, 0) is 55.3 Å². The highest BCUT2D eigenvalue weighted by atomic mass is 35.5. The minimum atomic E-state index is -3.50. The van der Waals surface area contributed by atoms with Crippen molar-refractivity contribution in [2.45, 2.75) is 19.8 Å². The maximum absolute atomic E-state index is 12.2. The largest absolute Gasteiger partial charge is 0.497 e. The summed E-state index contributed by atoms with van der Waals surface area (Å²) in [4.78, 5) is 12.1. The Morgan fingerprint density at radius 1 is 1.13 bits per heavy atom. The summed E-state index contributed by atoms with van der Waals surface area (Å²) < 4.78 is 36.4. The second kappa shape index (κ2) is 11.1.